The topological polar surface area (TPSA) is 112 Å². The van der Waals surface area contributed by atoms with Crippen LogP contribution in [0.15, 0.2) is 104 Å². The minimum atomic E-state index is -0.297. The molecule has 0 saturated heterocycles. The Kier molecular flexibility index (Phi) is 6.01. The fourth-order valence-electron chi connectivity index (χ4n) is 4.98. The average molecular weight is 540 g/mol. The molecule has 1 amide bonds. The molecule has 0 bridgehead atoms. The van der Waals surface area contributed by atoms with E-state index in [0.29, 0.717) is 22.7 Å². The third kappa shape index (κ3) is 4.80. The van der Waals surface area contributed by atoms with Gasteiger partial charge in [0.25, 0.3) is 0 Å². The van der Waals surface area contributed by atoms with Gasteiger partial charge in [-0.15, -0.1) is 0 Å². The zero-order valence-electron chi connectivity index (χ0n) is 21.6. The quantitative estimate of drug-likeness (QED) is 0.222. The van der Waals surface area contributed by atoms with Gasteiger partial charge in [0.05, 0.1) is 24.0 Å². The maximum Gasteiger partial charge on any atom is 0.228 e. The second-order valence-corrected chi connectivity index (χ2v) is 9.68. The molecular weight excluding hydrogens is 517 g/mol. The van der Waals surface area contributed by atoms with Crippen LogP contribution in [0.25, 0.3) is 55.7 Å². The Hall–Kier alpha value is -5.70. The third-order valence-electron chi connectivity index (χ3n) is 6.90. The maximum absolute atomic E-state index is 13.9. The maximum atomic E-state index is 13.9. The van der Waals surface area contributed by atoms with Gasteiger partial charge >= 0.3 is 0 Å². The van der Waals surface area contributed by atoms with Crippen molar-refractivity contribution >= 4 is 33.7 Å². The van der Waals surface area contributed by atoms with Gasteiger partial charge in [0.2, 0.25) is 5.91 Å². The molecule has 3 N–H and O–H groups in total. The number of fused-ring (bicyclic) bond motifs is 2. The minimum Gasteiger partial charge on any atom is -0.338 e. The second-order valence-electron chi connectivity index (χ2n) is 9.68. The molecule has 7 aromatic rings. The number of benzene rings is 2. The first-order valence-electron chi connectivity index (χ1n) is 13.0. The molecule has 198 valence electrons. The van der Waals surface area contributed by atoms with Gasteiger partial charge in [0, 0.05) is 40.5 Å². The highest BCUT2D eigenvalue weighted by atomic mass is 19.1. The molecule has 0 unspecified atom stereocenters. The van der Waals surface area contributed by atoms with Crippen molar-refractivity contribution in [2.24, 2.45) is 0 Å². The van der Waals surface area contributed by atoms with Gasteiger partial charge in [-0.2, -0.15) is 5.10 Å². The van der Waals surface area contributed by atoms with E-state index in [4.69, 9.17) is 0 Å². The highest BCUT2D eigenvalue weighted by Gasteiger charge is 2.16. The minimum absolute atomic E-state index is 0.120. The number of H-pyrrole nitrogens is 2. The monoisotopic (exact) mass is 539 g/mol. The van der Waals surface area contributed by atoms with Crippen molar-refractivity contribution in [1.82, 2.24) is 30.1 Å². The Balaban J connectivity index is 1.21. The molecular formula is C32H22FN7O. The number of hydrogen-bond donors (Lipinski definition) is 3. The van der Waals surface area contributed by atoms with Gasteiger partial charge in [0.15, 0.2) is 5.65 Å². The number of carbonyl (C=O) groups is 1. The molecule has 5 heterocycles. The number of carbonyl (C=O) groups excluding carboxylic acids is 1. The SMILES string of the molecule is O=C(Cc1ccccc1)Nc1cncc(-c2cnc3[nH]nc(-c4cc5c(-c6cccc(F)c6)ccnc5[nH]4)c3c2)c1. The third-order valence-corrected chi connectivity index (χ3v) is 6.90. The summed E-state index contributed by atoms with van der Waals surface area (Å²) in [5, 5.41) is 12.1. The number of anilines is 1. The van der Waals surface area contributed by atoms with Gasteiger partial charge in [-0.3, -0.25) is 14.9 Å². The number of nitrogens with one attached hydrogen (secondary N) is 3. The summed E-state index contributed by atoms with van der Waals surface area (Å²) in [4.78, 5) is 29.3. The Bertz CT molecular complexity index is 2050. The van der Waals surface area contributed by atoms with E-state index in [0.717, 1.165) is 44.3 Å². The summed E-state index contributed by atoms with van der Waals surface area (Å²) in [7, 11) is 0. The van der Waals surface area contributed by atoms with E-state index in [9.17, 15) is 9.18 Å². The largest absolute Gasteiger partial charge is 0.338 e. The summed E-state index contributed by atoms with van der Waals surface area (Å²) in [5.74, 6) is -0.416. The van der Waals surface area contributed by atoms with Crippen LogP contribution in [0, 0.1) is 5.82 Å². The van der Waals surface area contributed by atoms with Gasteiger partial charge in [-0.1, -0.05) is 42.5 Å². The van der Waals surface area contributed by atoms with Crippen LogP contribution in [0.5, 0.6) is 0 Å². The predicted octanol–water partition coefficient (Wildman–Crippen LogP) is 6.55. The van der Waals surface area contributed by atoms with Crippen LogP contribution in [0.2, 0.25) is 0 Å². The van der Waals surface area contributed by atoms with Crippen molar-refractivity contribution in [3.8, 4) is 33.6 Å². The Morgan fingerprint density at radius 2 is 1.68 bits per heavy atom. The van der Waals surface area contributed by atoms with Crippen LogP contribution in [0.1, 0.15) is 5.56 Å². The molecule has 0 saturated carbocycles. The number of pyridine rings is 3. The van der Waals surface area contributed by atoms with E-state index in [2.05, 4.69) is 35.5 Å². The summed E-state index contributed by atoms with van der Waals surface area (Å²) >= 11 is 0. The molecule has 5 aromatic heterocycles. The lowest BCUT2D eigenvalue weighted by atomic mass is 10.0. The second kappa shape index (κ2) is 10.1. The van der Waals surface area contributed by atoms with Crippen molar-refractivity contribution < 1.29 is 9.18 Å². The van der Waals surface area contributed by atoms with Crippen molar-refractivity contribution in [1.29, 1.82) is 0 Å². The summed E-state index contributed by atoms with van der Waals surface area (Å²) in [6.45, 7) is 0. The molecule has 8 nitrogen and oxygen atoms in total. The van der Waals surface area contributed by atoms with Gasteiger partial charge in [0.1, 0.15) is 17.2 Å². The number of halogens is 1. The van der Waals surface area contributed by atoms with E-state index < -0.39 is 0 Å². The Labute approximate surface area is 233 Å². The first-order valence-corrected chi connectivity index (χ1v) is 13.0. The Morgan fingerprint density at radius 3 is 2.56 bits per heavy atom. The molecule has 0 atom stereocenters. The lowest BCUT2D eigenvalue weighted by Gasteiger charge is -2.07. The molecule has 2 aromatic carbocycles. The first kappa shape index (κ1) is 24.3. The highest BCUT2D eigenvalue weighted by molar-refractivity contribution is 6.00. The van der Waals surface area contributed by atoms with Crippen LogP contribution < -0.4 is 5.32 Å². The average Bonchev–Trinajstić information content (AvgIpc) is 3.61. The smallest absolute Gasteiger partial charge is 0.228 e. The molecule has 7 rings (SSSR count). The molecule has 0 aliphatic heterocycles. The van der Waals surface area contributed by atoms with Crippen molar-refractivity contribution in [3.05, 3.63) is 115 Å². The van der Waals surface area contributed by atoms with Crippen LogP contribution in [0.4, 0.5) is 10.1 Å². The predicted molar refractivity (Wildman–Crippen MR) is 156 cm³/mol. The normalized spacial score (nSPS) is 11.2. The molecule has 0 aliphatic rings. The number of nitrogens with zero attached hydrogens (tertiary/aromatic N) is 4. The summed E-state index contributed by atoms with van der Waals surface area (Å²) in [5.41, 5.74) is 7.52. The lowest BCUT2D eigenvalue weighted by molar-refractivity contribution is -0.115. The lowest BCUT2D eigenvalue weighted by Crippen LogP contribution is -2.14. The van der Waals surface area contributed by atoms with E-state index in [1.807, 2.05) is 60.7 Å². The fraction of sp³-hybridized carbons (Fsp3) is 0.0312. The van der Waals surface area contributed by atoms with Crippen molar-refractivity contribution in [2.75, 3.05) is 5.32 Å². The van der Waals surface area contributed by atoms with E-state index in [1.165, 1.54) is 12.1 Å². The summed E-state index contributed by atoms with van der Waals surface area (Å²) in [6, 6.07) is 23.8. The number of hydrogen-bond acceptors (Lipinski definition) is 5. The van der Waals surface area contributed by atoms with Crippen LogP contribution in [0.3, 0.4) is 0 Å². The number of aromatic nitrogens is 6. The molecule has 0 radical (unpaired) electrons. The zero-order valence-corrected chi connectivity index (χ0v) is 21.6. The number of rotatable bonds is 6. The molecule has 0 aliphatic carbocycles. The van der Waals surface area contributed by atoms with E-state index >= 15 is 0 Å². The van der Waals surface area contributed by atoms with Crippen LogP contribution in [-0.2, 0) is 11.2 Å². The highest BCUT2D eigenvalue weighted by Crippen LogP contribution is 2.34. The zero-order chi connectivity index (χ0) is 27.8. The molecule has 9 heteroatoms. The van der Waals surface area contributed by atoms with Crippen molar-refractivity contribution in [2.45, 2.75) is 6.42 Å². The molecule has 0 spiro atoms. The Morgan fingerprint density at radius 1 is 0.805 bits per heavy atom. The fourth-order valence-corrected chi connectivity index (χ4v) is 4.98. The number of aromatic amines is 2. The standard InChI is InChI=1S/C32H22FN7O/c33-23-8-4-7-20(12-23)25-9-10-35-31-26(25)15-28(38-31)30-27-14-22(17-36-32(27)40-39-30)21-13-24(18-34-16-21)37-29(41)11-19-5-2-1-3-6-19/h1-10,12-18H,11H2,(H,35,38)(H,37,41)(H,36,39,40). The molecule has 0 fully saturated rings. The van der Waals surface area contributed by atoms with Gasteiger partial charge in [-0.05, 0) is 53.1 Å². The van der Waals surface area contributed by atoms with Crippen molar-refractivity contribution in [3.63, 3.8) is 0 Å². The van der Waals surface area contributed by atoms with Crippen LogP contribution >= 0.6 is 0 Å². The van der Waals surface area contributed by atoms with Crippen LogP contribution in [-0.4, -0.2) is 36.0 Å². The number of amides is 1. The van der Waals surface area contributed by atoms with E-state index in [1.54, 1.807) is 30.9 Å². The first-order chi connectivity index (χ1) is 20.1. The van der Waals surface area contributed by atoms with Gasteiger partial charge < -0.3 is 10.3 Å². The van der Waals surface area contributed by atoms with E-state index in [-0.39, 0.29) is 18.1 Å². The van der Waals surface area contributed by atoms with Gasteiger partial charge in [-0.25, -0.2) is 14.4 Å². The summed E-state index contributed by atoms with van der Waals surface area (Å²) in [6.07, 6.45) is 7.07. The molecule has 41 heavy (non-hydrogen) atoms. The summed E-state index contributed by atoms with van der Waals surface area (Å²) < 4.78 is 13.9.